The standard InChI is InChI=1S/C40H48O8/c1-4-5-6-7-8-9-10-11-12-13-14-15-16-17-18-19-20-36(41)48-39-34(43-2)23-29(24-35(39)44-3)37-31-25-33-32(46-27-47-33)22-28(31)21-30-26-45-40(42)38(30)37/h7-8,10-11,13-14,16-17,22-25,30,37-38H,4-6,9,12,15,18-21,26-27H2,1-3H3/b8-7-,11-10-,14-13-,17-16-/t30-,37+,38-/m0/s1. The third-order valence-electron chi connectivity index (χ3n) is 9.05. The molecule has 0 N–H and O–H groups in total. The lowest BCUT2D eigenvalue weighted by Crippen LogP contribution is -2.31. The summed E-state index contributed by atoms with van der Waals surface area (Å²) in [7, 11) is 3.05. The maximum absolute atomic E-state index is 13.0. The number of hydrogen-bond acceptors (Lipinski definition) is 8. The molecule has 1 saturated heterocycles. The predicted molar refractivity (Wildman–Crippen MR) is 185 cm³/mol. The summed E-state index contributed by atoms with van der Waals surface area (Å²) >= 11 is 0. The predicted octanol–water partition coefficient (Wildman–Crippen LogP) is 8.57. The fourth-order valence-corrected chi connectivity index (χ4v) is 6.58. The molecule has 1 fully saturated rings. The van der Waals surface area contributed by atoms with Crippen LogP contribution < -0.4 is 23.7 Å². The fourth-order valence-electron chi connectivity index (χ4n) is 6.58. The second-order valence-corrected chi connectivity index (χ2v) is 12.4. The molecule has 0 spiro atoms. The molecule has 0 saturated carbocycles. The highest BCUT2D eigenvalue weighted by molar-refractivity contribution is 5.79. The summed E-state index contributed by atoms with van der Waals surface area (Å²) in [6, 6.07) is 7.63. The second-order valence-electron chi connectivity index (χ2n) is 12.4. The van der Waals surface area contributed by atoms with Crippen LogP contribution in [0.5, 0.6) is 28.7 Å². The van der Waals surface area contributed by atoms with Crippen molar-refractivity contribution in [2.75, 3.05) is 27.6 Å². The van der Waals surface area contributed by atoms with Gasteiger partial charge in [0.15, 0.2) is 23.0 Å². The monoisotopic (exact) mass is 656 g/mol. The van der Waals surface area contributed by atoms with E-state index in [4.69, 9.17) is 28.4 Å². The van der Waals surface area contributed by atoms with Crippen LogP contribution in [0.15, 0.2) is 72.9 Å². The van der Waals surface area contributed by atoms with Gasteiger partial charge in [0.2, 0.25) is 12.5 Å². The Bertz CT molecular complexity index is 1510. The molecule has 8 heteroatoms. The summed E-state index contributed by atoms with van der Waals surface area (Å²) in [5, 5.41) is 0. The van der Waals surface area contributed by atoms with Gasteiger partial charge in [0, 0.05) is 18.3 Å². The van der Waals surface area contributed by atoms with E-state index in [1.54, 1.807) is 0 Å². The molecular weight excluding hydrogens is 608 g/mol. The number of benzene rings is 2. The van der Waals surface area contributed by atoms with Crippen LogP contribution in [0.25, 0.3) is 0 Å². The molecule has 256 valence electrons. The Kier molecular flexibility index (Phi) is 12.8. The maximum atomic E-state index is 13.0. The number of allylic oxidation sites excluding steroid dienone is 8. The van der Waals surface area contributed by atoms with Gasteiger partial charge in [-0.15, -0.1) is 0 Å². The van der Waals surface area contributed by atoms with Gasteiger partial charge >= 0.3 is 11.9 Å². The smallest absolute Gasteiger partial charge is 0.311 e. The highest BCUT2D eigenvalue weighted by Crippen LogP contribution is 2.52. The van der Waals surface area contributed by atoms with E-state index >= 15 is 0 Å². The van der Waals surface area contributed by atoms with Gasteiger partial charge in [-0.2, -0.15) is 0 Å². The molecule has 1 aliphatic carbocycles. The van der Waals surface area contributed by atoms with Crippen molar-refractivity contribution in [3.8, 4) is 28.7 Å². The van der Waals surface area contributed by atoms with Crippen molar-refractivity contribution in [2.45, 2.75) is 77.0 Å². The van der Waals surface area contributed by atoms with Crippen molar-refractivity contribution < 1.29 is 38.0 Å². The number of hydrogen-bond donors (Lipinski definition) is 0. The van der Waals surface area contributed by atoms with Gasteiger partial charge in [-0.25, -0.2) is 0 Å². The van der Waals surface area contributed by atoms with E-state index < -0.39 is 0 Å². The third kappa shape index (κ3) is 8.71. The number of methoxy groups -OCH3 is 2. The minimum Gasteiger partial charge on any atom is -0.493 e. The molecule has 5 rings (SSSR count). The molecule has 0 aromatic heterocycles. The Labute approximate surface area is 284 Å². The molecule has 0 amide bonds. The number of carbonyl (C=O) groups excluding carboxylic acids is 2. The number of unbranched alkanes of at least 4 members (excludes halogenated alkanes) is 3. The number of carbonyl (C=O) groups is 2. The fraction of sp³-hybridized carbons (Fsp3) is 0.450. The zero-order valence-corrected chi connectivity index (χ0v) is 28.4. The van der Waals surface area contributed by atoms with E-state index in [-0.39, 0.29) is 48.7 Å². The Morgan fingerprint density at radius 3 is 2.04 bits per heavy atom. The van der Waals surface area contributed by atoms with Crippen LogP contribution in [0.3, 0.4) is 0 Å². The first kappa shape index (κ1) is 34.9. The zero-order valence-electron chi connectivity index (χ0n) is 28.4. The van der Waals surface area contributed by atoms with Gasteiger partial charge in [0.1, 0.15) is 0 Å². The van der Waals surface area contributed by atoms with Crippen molar-refractivity contribution in [3.05, 3.63) is 89.6 Å². The average molecular weight is 657 g/mol. The maximum Gasteiger partial charge on any atom is 0.311 e. The summed E-state index contributed by atoms with van der Waals surface area (Å²) in [5.41, 5.74) is 2.88. The summed E-state index contributed by atoms with van der Waals surface area (Å²) in [6.45, 7) is 2.76. The molecule has 2 aromatic carbocycles. The molecule has 8 nitrogen and oxygen atoms in total. The van der Waals surface area contributed by atoms with E-state index in [2.05, 4.69) is 55.5 Å². The van der Waals surface area contributed by atoms with E-state index in [0.29, 0.717) is 42.4 Å². The lowest BCUT2D eigenvalue weighted by Gasteiger charge is -2.34. The van der Waals surface area contributed by atoms with Crippen LogP contribution in [0.4, 0.5) is 0 Å². The highest BCUT2D eigenvalue weighted by Gasteiger charge is 2.48. The van der Waals surface area contributed by atoms with Crippen LogP contribution in [0.1, 0.15) is 87.3 Å². The first-order valence-corrected chi connectivity index (χ1v) is 17.2. The molecule has 2 aliphatic heterocycles. The first-order chi connectivity index (χ1) is 23.5. The average Bonchev–Trinajstić information content (AvgIpc) is 3.71. The normalized spacial score (nSPS) is 19.7. The molecule has 0 unspecified atom stereocenters. The minimum atomic E-state index is -0.367. The topological polar surface area (TPSA) is 89.5 Å². The highest BCUT2D eigenvalue weighted by atomic mass is 16.7. The molecule has 3 atom stereocenters. The number of fused-ring (bicyclic) bond motifs is 3. The zero-order chi connectivity index (χ0) is 33.7. The lowest BCUT2D eigenvalue weighted by atomic mass is 9.67. The molecule has 3 aliphatic rings. The number of cyclic esters (lactones) is 1. The van der Waals surface area contributed by atoms with Crippen LogP contribution in [-0.2, 0) is 20.7 Å². The van der Waals surface area contributed by atoms with Gasteiger partial charge in [-0.3, -0.25) is 9.59 Å². The van der Waals surface area contributed by atoms with Gasteiger partial charge in [-0.1, -0.05) is 68.4 Å². The van der Waals surface area contributed by atoms with Crippen molar-refractivity contribution >= 4 is 11.9 Å². The van der Waals surface area contributed by atoms with Gasteiger partial charge in [0.25, 0.3) is 0 Å². The Morgan fingerprint density at radius 2 is 1.42 bits per heavy atom. The molecule has 2 heterocycles. The Balaban J connectivity index is 1.16. The molecular formula is C40H48O8. The summed E-state index contributed by atoms with van der Waals surface area (Å²) in [5.74, 6) is 1.07. The summed E-state index contributed by atoms with van der Waals surface area (Å²) < 4.78 is 34.1. The molecule has 2 aromatic rings. The molecule has 48 heavy (non-hydrogen) atoms. The van der Waals surface area contributed by atoms with Crippen LogP contribution >= 0.6 is 0 Å². The minimum absolute atomic E-state index is 0.0321. The van der Waals surface area contributed by atoms with E-state index in [1.807, 2.05) is 24.3 Å². The van der Waals surface area contributed by atoms with E-state index in [0.717, 1.165) is 42.4 Å². The van der Waals surface area contributed by atoms with Crippen LogP contribution in [-0.4, -0.2) is 39.6 Å². The largest absolute Gasteiger partial charge is 0.493 e. The number of esters is 2. The molecule has 0 radical (unpaired) electrons. The third-order valence-corrected chi connectivity index (χ3v) is 9.05. The van der Waals surface area contributed by atoms with Gasteiger partial charge in [0.05, 0.1) is 26.7 Å². The quantitative estimate of drug-likeness (QED) is 0.0724. The second kappa shape index (κ2) is 17.6. The van der Waals surface area contributed by atoms with Crippen molar-refractivity contribution in [3.63, 3.8) is 0 Å². The number of rotatable bonds is 17. The SMILES string of the molecule is CCCC/C=C\C/C=C\C/C=C\C/C=C\CCCC(=O)Oc1c(OC)cc([C@@H]2c3cc4c(cc3C[C@H]3COC(=O)[C@@H]32)OCO4)cc1OC. The van der Waals surface area contributed by atoms with Crippen LogP contribution in [0, 0.1) is 11.8 Å². The first-order valence-electron chi connectivity index (χ1n) is 17.2. The van der Waals surface area contributed by atoms with Crippen molar-refractivity contribution in [1.29, 1.82) is 0 Å². The van der Waals surface area contributed by atoms with E-state index in [1.165, 1.54) is 33.5 Å². The van der Waals surface area contributed by atoms with Gasteiger partial charge < -0.3 is 28.4 Å². The summed E-state index contributed by atoms with van der Waals surface area (Å²) in [6.07, 6.45) is 26.3. The Morgan fingerprint density at radius 1 is 0.812 bits per heavy atom. The van der Waals surface area contributed by atoms with Crippen molar-refractivity contribution in [2.24, 2.45) is 11.8 Å². The molecule has 0 bridgehead atoms. The van der Waals surface area contributed by atoms with Crippen LogP contribution in [0.2, 0.25) is 0 Å². The van der Waals surface area contributed by atoms with E-state index in [9.17, 15) is 9.59 Å². The van der Waals surface area contributed by atoms with Crippen molar-refractivity contribution in [1.82, 2.24) is 0 Å². The number of ether oxygens (including phenoxy) is 6. The Hall–Kier alpha value is -4.46. The lowest BCUT2D eigenvalue weighted by molar-refractivity contribution is -0.141. The summed E-state index contributed by atoms with van der Waals surface area (Å²) in [4.78, 5) is 25.9. The van der Waals surface area contributed by atoms with Gasteiger partial charge in [-0.05, 0) is 85.9 Å².